The van der Waals surface area contributed by atoms with Gasteiger partial charge in [-0.25, -0.2) is 0 Å². The summed E-state index contributed by atoms with van der Waals surface area (Å²) < 4.78 is 13.7. The number of hydrogen-bond acceptors (Lipinski definition) is 4. The Balaban J connectivity index is 1.03. The molecule has 14 rings (SSSR count). The van der Waals surface area contributed by atoms with Crippen LogP contribution >= 0.6 is 0 Å². The molecular weight excluding hydrogens is 853 g/mol. The molecule has 0 aliphatic carbocycles. The molecule has 0 atom stereocenters. The number of furan rings is 2. The molecule has 12 aromatic carbocycles. The Kier molecular flexibility index (Phi) is 8.99. The van der Waals surface area contributed by atoms with Crippen LogP contribution in [-0.4, -0.2) is 0 Å². The molecule has 0 bridgehead atoms. The van der Waals surface area contributed by atoms with Gasteiger partial charge in [-0.05, 0) is 129 Å². The van der Waals surface area contributed by atoms with Gasteiger partial charge in [0.1, 0.15) is 11.2 Å². The summed E-state index contributed by atoms with van der Waals surface area (Å²) in [4.78, 5) is 4.82. The van der Waals surface area contributed by atoms with E-state index in [0.717, 1.165) is 88.8 Å². The number of benzene rings is 12. The summed E-state index contributed by atoms with van der Waals surface area (Å²) in [6, 6.07) is 83.0. The molecule has 70 heavy (non-hydrogen) atoms. The largest absolute Gasteiger partial charge is 0.454 e. The molecule has 2 aromatic heterocycles. The lowest BCUT2D eigenvalue weighted by atomic mass is 9.88. The molecule has 14 aromatic rings. The van der Waals surface area contributed by atoms with Gasteiger partial charge in [-0.1, -0.05) is 170 Å². The zero-order valence-electron chi connectivity index (χ0n) is 38.7. The van der Waals surface area contributed by atoms with Crippen molar-refractivity contribution in [3.05, 3.63) is 242 Å². The first-order valence-corrected chi connectivity index (χ1v) is 24.0. The van der Waals surface area contributed by atoms with E-state index in [2.05, 4.69) is 242 Å². The van der Waals surface area contributed by atoms with E-state index < -0.39 is 0 Å². The van der Waals surface area contributed by atoms with Crippen LogP contribution < -0.4 is 9.80 Å². The van der Waals surface area contributed by atoms with Crippen LogP contribution in [0.4, 0.5) is 34.1 Å². The lowest BCUT2D eigenvalue weighted by molar-refractivity contribution is 0.669. The first-order valence-electron chi connectivity index (χ1n) is 24.0. The van der Waals surface area contributed by atoms with Gasteiger partial charge in [0.05, 0.1) is 22.7 Å². The number of nitrogens with zero attached hydrogens (tertiary/aromatic N) is 2. The van der Waals surface area contributed by atoms with Gasteiger partial charge in [0.25, 0.3) is 0 Å². The molecule has 0 aliphatic rings. The SMILES string of the molecule is Cc1cc(N(c2ccc(-c3ccccc3)cc2)c2cccc3c2oc2ccccc23)c2ccc3c(C)cc(N(c4ccc(-c5ccccc5)cc4)c4cccc5c4oc4ccccc45)c4ccc1c2c34. The molecule has 0 fully saturated rings. The maximum absolute atomic E-state index is 6.83. The third-order valence-corrected chi connectivity index (χ3v) is 14.5. The smallest absolute Gasteiger partial charge is 0.159 e. The minimum atomic E-state index is 0.853. The van der Waals surface area contributed by atoms with Crippen LogP contribution in [0.3, 0.4) is 0 Å². The molecule has 0 unspecified atom stereocenters. The van der Waals surface area contributed by atoms with E-state index in [0.29, 0.717) is 0 Å². The number of rotatable bonds is 8. The first-order chi connectivity index (χ1) is 34.6. The third-order valence-electron chi connectivity index (χ3n) is 14.5. The fourth-order valence-electron chi connectivity index (χ4n) is 11.2. The molecule has 2 heterocycles. The molecule has 0 N–H and O–H groups in total. The number of para-hydroxylation sites is 4. The average molecular weight is 897 g/mol. The minimum absolute atomic E-state index is 0.853. The fourth-order valence-corrected chi connectivity index (χ4v) is 11.2. The lowest BCUT2D eigenvalue weighted by Gasteiger charge is -2.30. The van der Waals surface area contributed by atoms with E-state index in [1.807, 2.05) is 12.1 Å². The Morgan fingerprint density at radius 2 is 0.629 bits per heavy atom. The van der Waals surface area contributed by atoms with Gasteiger partial charge < -0.3 is 18.6 Å². The monoisotopic (exact) mass is 896 g/mol. The highest BCUT2D eigenvalue weighted by Crippen LogP contribution is 2.52. The second kappa shape index (κ2) is 15.7. The average Bonchev–Trinajstić information content (AvgIpc) is 4.00. The highest BCUT2D eigenvalue weighted by atomic mass is 16.3. The predicted octanol–water partition coefficient (Wildman–Crippen LogP) is 19.3. The quantitative estimate of drug-likeness (QED) is 0.142. The second-order valence-corrected chi connectivity index (χ2v) is 18.5. The molecule has 0 saturated heterocycles. The Bertz CT molecular complexity index is 4020. The summed E-state index contributed by atoms with van der Waals surface area (Å²) in [6.07, 6.45) is 0. The van der Waals surface area contributed by atoms with Crippen LogP contribution in [0.5, 0.6) is 0 Å². The van der Waals surface area contributed by atoms with Gasteiger partial charge in [-0.15, -0.1) is 0 Å². The Hall–Kier alpha value is -9.12. The van der Waals surface area contributed by atoms with Gasteiger partial charge in [-0.3, -0.25) is 0 Å². The van der Waals surface area contributed by atoms with E-state index >= 15 is 0 Å². The van der Waals surface area contributed by atoms with Crippen molar-refractivity contribution in [3.63, 3.8) is 0 Å². The third kappa shape index (κ3) is 6.16. The maximum atomic E-state index is 6.83. The molecule has 0 spiro atoms. The van der Waals surface area contributed by atoms with Crippen LogP contribution in [0.1, 0.15) is 11.1 Å². The zero-order valence-corrected chi connectivity index (χ0v) is 38.7. The predicted molar refractivity (Wildman–Crippen MR) is 294 cm³/mol. The Labute approximate surface area is 404 Å². The standard InChI is InChI=1S/C66H44N2O2/c1-41-39-59(67(47-31-27-45(28-32-47)43-15-5-3-6-16-43)57-23-13-21-53-51-19-9-11-25-61(51)69-65(53)57)55-38-36-50-42(2)40-60(56-37-35-49(41)63(55)64(50)56)68(48-33-29-46(30-34-48)44-17-7-4-8-18-44)58-24-14-22-54-52-20-10-12-26-62(52)70-66(54)58/h3-40H,1-2H3. The summed E-state index contributed by atoms with van der Waals surface area (Å²) in [5, 5.41) is 11.6. The highest BCUT2D eigenvalue weighted by molar-refractivity contribution is 6.30. The number of aryl methyl sites for hydroxylation is 2. The van der Waals surface area contributed by atoms with Gasteiger partial charge in [0.15, 0.2) is 11.2 Å². The van der Waals surface area contributed by atoms with E-state index in [4.69, 9.17) is 8.83 Å². The van der Waals surface area contributed by atoms with Crippen molar-refractivity contribution >= 4 is 110 Å². The van der Waals surface area contributed by atoms with E-state index in [1.54, 1.807) is 0 Å². The summed E-state index contributed by atoms with van der Waals surface area (Å²) >= 11 is 0. The van der Waals surface area contributed by atoms with Crippen molar-refractivity contribution in [2.75, 3.05) is 9.80 Å². The normalized spacial score (nSPS) is 11.9. The molecule has 0 amide bonds. The fraction of sp³-hybridized carbons (Fsp3) is 0.0303. The summed E-state index contributed by atoms with van der Waals surface area (Å²) in [5.74, 6) is 0. The van der Waals surface area contributed by atoms with Crippen LogP contribution in [0, 0.1) is 13.8 Å². The Morgan fingerprint density at radius 3 is 1.06 bits per heavy atom. The maximum Gasteiger partial charge on any atom is 0.159 e. The summed E-state index contributed by atoms with van der Waals surface area (Å²) in [7, 11) is 0. The first kappa shape index (κ1) is 40.0. The number of fused-ring (bicyclic) bond motifs is 6. The van der Waals surface area contributed by atoms with Crippen molar-refractivity contribution < 1.29 is 8.83 Å². The van der Waals surface area contributed by atoms with E-state index in [-0.39, 0.29) is 0 Å². The van der Waals surface area contributed by atoms with Crippen molar-refractivity contribution in [2.45, 2.75) is 13.8 Å². The molecule has 4 heteroatoms. The topological polar surface area (TPSA) is 32.8 Å². The number of anilines is 6. The van der Waals surface area contributed by atoms with Crippen molar-refractivity contribution in [2.24, 2.45) is 0 Å². The molecular formula is C66H44N2O2. The van der Waals surface area contributed by atoms with Crippen LogP contribution in [0.25, 0.3) is 98.4 Å². The molecule has 0 aliphatic heterocycles. The van der Waals surface area contributed by atoms with Crippen LogP contribution in [-0.2, 0) is 0 Å². The second-order valence-electron chi connectivity index (χ2n) is 18.5. The van der Waals surface area contributed by atoms with Crippen molar-refractivity contribution in [3.8, 4) is 22.3 Å². The summed E-state index contributed by atoms with van der Waals surface area (Å²) in [6.45, 7) is 4.51. The van der Waals surface area contributed by atoms with Crippen LogP contribution in [0.2, 0.25) is 0 Å². The molecule has 0 radical (unpaired) electrons. The zero-order chi connectivity index (χ0) is 46.5. The van der Waals surface area contributed by atoms with E-state index in [1.165, 1.54) is 54.9 Å². The van der Waals surface area contributed by atoms with Gasteiger partial charge >= 0.3 is 0 Å². The molecule has 330 valence electrons. The van der Waals surface area contributed by atoms with Gasteiger partial charge in [-0.2, -0.15) is 0 Å². The van der Waals surface area contributed by atoms with Crippen LogP contribution in [0.15, 0.2) is 239 Å². The molecule has 0 saturated carbocycles. The molecule has 4 nitrogen and oxygen atoms in total. The lowest BCUT2D eigenvalue weighted by Crippen LogP contribution is -2.12. The highest BCUT2D eigenvalue weighted by Gasteiger charge is 2.27. The Morgan fingerprint density at radius 1 is 0.271 bits per heavy atom. The van der Waals surface area contributed by atoms with Gasteiger partial charge in [0, 0.05) is 43.7 Å². The minimum Gasteiger partial charge on any atom is -0.454 e. The number of hydrogen-bond donors (Lipinski definition) is 0. The van der Waals surface area contributed by atoms with Crippen molar-refractivity contribution in [1.29, 1.82) is 0 Å². The summed E-state index contributed by atoms with van der Waals surface area (Å²) in [5.41, 5.74) is 16.8. The van der Waals surface area contributed by atoms with Crippen molar-refractivity contribution in [1.82, 2.24) is 0 Å². The van der Waals surface area contributed by atoms with E-state index in [9.17, 15) is 0 Å². The van der Waals surface area contributed by atoms with Gasteiger partial charge in [0.2, 0.25) is 0 Å².